The summed E-state index contributed by atoms with van der Waals surface area (Å²) in [4.78, 5) is 12.0. The lowest BCUT2D eigenvalue weighted by Gasteiger charge is -2.17. The molecule has 0 heterocycles. The van der Waals surface area contributed by atoms with Gasteiger partial charge < -0.3 is 10.1 Å². The van der Waals surface area contributed by atoms with Crippen LogP contribution >= 0.6 is 15.9 Å². The number of hydrogen-bond acceptors (Lipinski definition) is 4. The normalized spacial score (nSPS) is 12.1. The van der Waals surface area contributed by atoms with Crippen molar-refractivity contribution in [3.63, 3.8) is 0 Å². The molecular formula is C18H18BrF3N2O4S. The van der Waals surface area contributed by atoms with Crippen molar-refractivity contribution in [2.75, 3.05) is 26.7 Å². The first-order valence-electron chi connectivity index (χ1n) is 8.29. The summed E-state index contributed by atoms with van der Waals surface area (Å²) in [7, 11) is -2.56. The molecule has 2 aromatic carbocycles. The minimum atomic E-state index is -4.47. The largest absolute Gasteiger partial charge is 0.492 e. The Morgan fingerprint density at radius 3 is 2.45 bits per heavy atom. The molecule has 0 spiro atoms. The van der Waals surface area contributed by atoms with E-state index in [0.717, 1.165) is 20.9 Å². The van der Waals surface area contributed by atoms with Crippen LogP contribution in [0.3, 0.4) is 0 Å². The van der Waals surface area contributed by atoms with Crippen LogP contribution in [0.25, 0.3) is 0 Å². The number of rotatable bonds is 8. The van der Waals surface area contributed by atoms with Crippen molar-refractivity contribution in [3.8, 4) is 5.75 Å². The summed E-state index contributed by atoms with van der Waals surface area (Å²) in [5.41, 5.74) is -0.834. The molecule has 0 bridgehead atoms. The van der Waals surface area contributed by atoms with Gasteiger partial charge in [-0.25, -0.2) is 8.42 Å². The maximum absolute atomic E-state index is 12.7. The number of alkyl halides is 3. The molecule has 0 fully saturated rings. The number of nitrogens with zero attached hydrogens (tertiary/aromatic N) is 1. The summed E-state index contributed by atoms with van der Waals surface area (Å²) in [5, 5.41) is 2.46. The molecule has 0 saturated heterocycles. The summed E-state index contributed by atoms with van der Waals surface area (Å²) in [6.45, 7) is -0.487. The fourth-order valence-corrected chi connectivity index (χ4v) is 3.64. The zero-order valence-electron chi connectivity index (χ0n) is 15.2. The van der Waals surface area contributed by atoms with Gasteiger partial charge in [0.25, 0.3) is 0 Å². The Morgan fingerprint density at radius 2 is 1.83 bits per heavy atom. The number of nitrogens with one attached hydrogen (secondary N) is 1. The summed E-state index contributed by atoms with van der Waals surface area (Å²) < 4.78 is 69.6. The zero-order chi connectivity index (χ0) is 21.7. The molecule has 6 nitrogen and oxygen atoms in total. The van der Waals surface area contributed by atoms with E-state index in [1.54, 1.807) is 12.1 Å². The van der Waals surface area contributed by atoms with Gasteiger partial charge in [0.1, 0.15) is 12.4 Å². The van der Waals surface area contributed by atoms with Gasteiger partial charge in [0, 0.05) is 11.5 Å². The van der Waals surface area contributed by atoms with E-state index in [1.807, 2.05) is 0 Å². The fourth-order valence-electron chi connectivity index (χ4n) is 2.25. The van der Waals surface area contributed by atoms with Gasteiger partial charge in [0.05, 0.1) is 23.5 Å². The summed E-state index contributed by atoms with van der Waals surface area (Å²) in [6, 6.07) is 10.4. The van der Waals surface area contributed by atoms with E-state index >= 15 is 0 Å². The molecule has 11 heteroatoms. The van der Waals surface area contributed by atoms with Gasteiger partial charge in [-0.05, 0) is 42.5 Å². The molecule has 158 valence electrons. The maximum atomic E-state index is 12.7. The second kappa shape index (κ2) is 9.59. The molecule has 0 aliphatic heterocycles. The number of benzene rings is 2. The Bertz CT molecular complexity index is 950. The lowest BCUT2D eigenvalue weighted by atomic mass is 10.2. The molecule has 0 radical (unpaired) electrons. The number of ether oxygens (including phenoxy) is 1. The van der Waals surface area contributed by atoms with Crippen molar-refractivity contribution >= 4 is 31.9 Å². The van der Waals surface area contributed by atoms with Crippen molar-refractivity contribution in [3.05, 3.63) is 58.6 Å². The molecule has 0 aliphatic rings. The lowest BCUT2D eigenvalue weighted by Crippen LogP contribution is -2.39. The number of amides is 1. The second-order valence-corrected chi connectivity index (χ2v) is 8.90. The number of sulfonamides is 1. The number of carbonyl (C=O) groups is 1. The zero-order valence-corrected chi connectivity index (χ0v) is 17.6. The Morgan fingerprint density at radius 1 is 1.17 bits per heavy atom. The van der Waals surface area contributed by atoms with Crippen LogP contribution in [0.2, 0.25) is 0 Å². The Hall–Kier alpha value is -2.11. The lowest BCUT2D eigenvalue weighted by molar-refractivity contribution is -0.137. The quantitative estimate of drug-likeness (QED) is 0.571. The van der Waals surface area contributed by atoms with Gasteiger partial charge in [-0.1, -0.05) is 22.0 Å². The molecule has 0 unspecified atom stereocenters. The van der Waals surface area contributed by atoms with E-state index in [-0.39, 0.29) is 23.8 Å². The molecule has 0 aromatic heterocycles. The van der Waals surface area contributed by atoms with Crippen LogP contribution in [0.15, 0.2) is 57.9 Å². The van der Waals surface area contributed by atoms with Gasteiger partial charge in [-0.3, -0.25) is 4.79 Å². The molecule has 2 aromatic rings. The Labute approximate surface area is 174 Å². The topological polar surface area (TPSA) is 75.7 Å². The third-order valence-corrected chi connectivity index (χ3v) is 6.09. The average Bonchev–Trinajstić information content (AvgIpc) is 2.65. The highest BCUT2D eigenvalue weighted by Crippen LogP contribution is 2.31. The standard InChI is InChI=1S/C18H18BrF3N2O4S/c1-24(29(26,27)16-7-5-14(19)6-8-16)12-17(25)23-9-10-28-15-4-2-3-13(11-15)18(20,21)22/h2-8,11H,9-10,12H2,1H3,(H,23,25). The monoisotopic (exact) mass is 494 g/mol. The van der Waals surface area contributed by atoms with Crippen molar-refractivity contribution < 1.29 is 31.1 Å². The predicted octanol–water partition coefficient (Wildman–Crippen LogP) is 3.28. The first-order valence-corrected chi connectivity index (χ1v) is 10.5. The summed E-state index contributed by atoms with van der Waals surface area (Å²) >= 11 is 3.22. The van der Waals surface area contributed by atoms with Crippen LogP contribution in [-0.4, -0.2) is 45.4 Å². The number of carbonyl (C=O) groups excluding carboxylic acids is 1. The molecule has 2 rings (SSSR count). The number of likely N-dealkylation sites (N-methyl/N-ethyl adjacent to an activating group) is 1. The van der Waals surface area contributed by atoms with Crippen molar-refractivity contribution in [2.45, 2.75) is 11.1 Å². The smallest absolute Gasteiger partial charge is 0.416 e. The molecule has 0 saturated carbocycles. The number of hydrogen-bond donors (Lipinski definition) is 1. The maximum Gasteiger partial charge on any atom is 0.416 e. The highest BCUT2D eigenvalue weighted by atomic mass is 79.9. The van der Waals surface area contributed by atoms with Crippen LogP contribution < -0.4 is 10.1 Å². The van der Waals surface area contributed by atoms with Crippen molar-refractivity contribution in [2.24, 2.45) is 0 Å². The number of halogens is 4. The first-order chi connectivity index (χ1) is 13.5. The molecule has 29 heavy (non-hydrogen) atoms. The summed E-state index contributed by atoms with van der Waals surface area (Å²) in [5.74, 6) is -0.551. The average molecular weight is 495 g/mol. The predicted molar refractivity (Wildman–Crippen MR) is 104 cm³/mol. The van der Waals surface area contributed by atoms with Crippen LogP contribution in [0, 0.1) is 0 Å². The van der Waals surface area contributed by atoms with Crippen LogP contribution in [-0.2, 0) is 21.0 Å². The molecular weight excluding hydrogens is 477 g/mol. The third-order valence-electron chi connectivity index (χ3n) is 3.74. The van der Waals surface area contributed by atoms with Crippen LogP contribution in [0.1, 0.15) is 5.56 Å². The molecule has 0 aliphatic carbocycles. The highest BCUT2D eigenvalue weighted by Gasteiger charge is 2.30. The van der Waals surface area contributed by atoms with E-state index in [2.05, 4.69) is 21.2 Å². The van der Waals surface area contributed by atoms with E-state index in [9.17, 15) is 26.4 Å². The van der Waals surface area contributed by atoms with E-state index < -0.39 is 34.2 Å². The SMILES string of the molecule is CN(CC(=O)NCCOc1cccc(C(F)(F)F)c1)S(=O)(=O)c1ccc(Br)cc1. The Balaban J connectivity index is 1.82. The molecule has 1 amide bonds. The van der Waals surface area contributed by atoms with Crippen LogP contribution in [0.4, 0.5) is 13.2 Å². The molecule has 0 atom stereocenters. The van der Waals surface area contributed by atoms with Gasteiger partial charge >= 0.3 is 6.18 Å². The summed E-state index contributed by atoms with van der Waals surface area (Å²) in [6.07, 6.45) is -4.47. The molecule has 1 N–H and O–H groups in total. The van der Waals surface area contributed by atoms with E-state index in [1.165, 1.54) is 31.3 Å². The van der Waals surface area contributed by atoms with Crippen LogP contribution in [0.5, 0.6) is 5.75 Å². The minimum absolute atomic E-state index is 0.00124. The Kier molecular flexibility index (Phi) is 7.66. The van der Waals surface area contributed by atoms with Crippen molar-refractivity contribution in [1.82, 2.24) is 9.62 Å². The second-order valence-electron chi connectivity index (χ2n) is 5.94. The first kappa shape index (κ1) is 23.2. The van der Waals surface area contributed by atoms with Gasteiger partial charge in [-0.2, -0.15) is 17.5 Å². The van der Waals surface area contributed by atoms with Gasteiger partial charge in [0.2, 0.25) is 15.9 Å². The minimum Gasteiger partial charge on any atom is -0.492 e. The van der Waals surface area contributed by atoms with Crippen molar-refractivity contribution in [1.29, 1.82) is 0 Å². The highest BCUT2D eigenvalue weighted by molar-refractivity contribution is 9.10. The van der Waals surface area contributed by atoms with Gasteiger partial charge in [-0.15, -0.1) is 0 Å². The fraction of sp³-hybridized carbons (Fsp3) is 0.278. The third kappa shape index (κ3) is 6.72. The van der Waals surface area contributed by atoms with E-state index in [4.69, 9.17) is 4.74 Å². The van der Waals surface area contributed by atoms with E-state index in [0.29, 0.717) is 0 Å². The van der Waals surface area contributed by atoms with Gasteiger partial charge in [0.15, 0.2) is 0 Å².